The van der Waals surface area contributed by atoms with Crippen LogP contribution in [0.15, 0.2) is 47.4 Å². The van der Waals surface area contributed by atoms with Crippen LogP contribution in [0.2, 0.25) is 0 Å². The molecule has 0 aliphatic carbocycles. The Kier molecular flexibility index (Phi) is 20.5. The summed E-state index contributed by atoms with van der Waals surface area (Å²) in [6, 6.07) is 12.0. The molecule has 0 fully saturated rings. The second-order valence-corrected chi connectivity index (χ2v) is 18.8. The summed E-state index contributed by atoms with van der Waals surface area (Å²) in [5.74, 6) is -8.41. The van der Waals surface area contributed by atoms with E-state index in [0.29, 0.717) is 34.6 Å². The summed E-state index contributed by atoms with van der Waals surface area (Å²) in [6.07, 6.45) is -6.39. The van der Waals surface area contributed by atoms with E-state index in [2.05, 4.69) is 5.32 Å². The monoisotopic (exact) mass is 959 g/mol. The van der Waals surface area contributed by atoms with Crippen molar-refractivity contribution in [1.82, 2.24) is 4.90 Å². The van der Waals surface area contributed by atoms with Crippen LogP contribution < -0.4 is 10.2 Å². The highest BCUT2D eigenvalue weighted by Crippen LogP contribution is 2.49. The molecule has 19 nitrogen and oxygen atoms in total. The van der Waals surface area contributed by atoms with E-state index in [1.165, 1.54) is 0 Å². The first-order valence-electron chi connectivity index (χ1n) is 22.1. The van der Waals surface area contributed by atoms with Gasteiger partial charge in [0, 0.05) is 91.3 Å². The van der Waals surface area contributed by atoms with Gasteiger partial charge in [0.1, 0.15) is 6.61 Å². The van der Waals surface area contributed by atoms with Gasteiger partial charge in [-0.15, -0.1) is 0 Å². The van der Waals surface area contributed by atoms with Crippen molar-refractivity contribution in [2.24, 2.45) is 5.41 Å². The van der Waals surface area contributed by atoms with Crippen molar-refractivity contribution in [2.45, 2.75) is 142 Å². The third-order valence-electron chi connectivity index (χ3n) is 11.4. The molecule has 0 radical (unpaired) electrons. The summed E-state index contributed by atoms with van der Waals surface area (Å²) < 4.78 is 54.4. The lowest BCUT2D eigenvalue weighted by atomic mass is 9.69. The number of imide groups is 1. The van der Waals surface area contributed by atoms with Gasteiger partial charge in [-0.2, -0.15) is 0 Å². The molecule has 1 aliphatic rings. The SMILES string of the molecule is CCCC[C@@]1(CC)CS(=O)(=O)c2ccc(N(C)C)cc2[C@H](c2cccc(NC(=O)CCCCN(C(C)=O)C(=O)[C@H](OC(C)=O)[C@@H](OC(C)=O)[C@H](OC(C)=O)[C@@H](COC(C)=O)OC(C)=O)c2)[C@@H]1O. The van der Waals surface area contributed by atoms with Crippen molar-refractivity contribution in [1.29, 1.82) is 0 Å². The maximum Gasteiger partial charge on any atom is 0.303 e. The van der Waals surface area contributed by atoms with Crippen LogP contribution in [0.5, 0.6) is 0 Å². The van der Waals surface area contributed by atoms with Crippen LogP contribution in [-0.4, -0.2) is 130 Å². The average molecular weight is 960 g/mol. The lowest BCUT2D eigenvalue weighted by molar-refractivity contribution is -0.205. The third kappa shape index (κ3) is 15.3. The fourth-order valence-corrected chi connectivity index (χ4v) is 10.5. The second kappa shape index (κ2) is 24.8. The number of benzene rings is 2. The molecular weight excluding hydrogens is 895 g/mol. The van der Waals surface area contributed by atoms with Crippen LogP contribution in [0, 0.1) is 5.41 Å². The molecule has 1 heterocycles. The predicted molar refractivity (Wildman–Crippen MR) is 243 cm³/mol. The fraction of sp³-hybridized carbons (Fsp3) is 0.574. The quantitative estimate of drug-likeness (QED) is 0.0942. The van der Waals surface area contributed by atoms with Crippen molar-refractivity contribution in [3.63, 3.8) is 0 Å². The van der Waals surface area contributed by atoms with E-state index >= 15 is 0 Å². The highest BCUT2D eigenvalue weighted by atomic mass is 32.2. The van der Waals surface area contributed by atoms with Crippen LogP contribution in [-0.2, 0) is 71.9 Å². The zero-order valence-corrected chi connectivity index (χ0v) is 40.8. The first-order chi connectivity index (χ1) is 31.4. The van der Waals surface area contributed by atoms with Gasteiger partial charge in [-0.25, -0.2) is 8.42 Å². The number of anilines is 2. The predicted octanol–water partition coefficient (Wildman–Crippen LogP) is 4.39. The summed E-state index contributed by atoms with van der Waals surface area (Å²) in [4.78, 5) is 104. The number of ether oxygens (including phenoxy) is 5. The van der Waals surface area contributed by atoms with Gasteiger partial charge in [-0.1, -0.05) is 38.8 Å². The van der Waals surface area contributed by atoms with Crippen LogP contribution in [0.3, 0.4) is 0 Å². The highest BCUT2D eigenvalue weighted by Gasteiger charge is 2.50. The zero-order chi connectivity index (χ0) is 50.4. The number of nitrogens with one attached hydrogen (secondary N) is 1. The standard InChI is InChI=1S/C47H65N3O16S/c1-11-13-22-47(12-2)27-67(60,61)39-21-20-36(49(9)10)25-37(39)41(45(47)58)34-17-16-18-35(24-34)48-40(57)19-14-15-23-50(28(3)51)46(59)44(66-33(8)56)43(65-32(7)55)42(64-31(6)54)38(63-30(5)53)26-62-29(4)52/h16-18,20-21,24-25,38,41-45,58H,11-15,19,22-23,26-27H2,1-10H3,(H,48,57)/t38-,41+,42-,43+,44-,45+,47+/m1/s1. The Hall–Kier alpha value is -5.89. The number of hydrogen-bond acceptors (Lipinski definition) is 17. The maximum atomic E-state index is 14.2. The number of aliphatic hydroxyl groups excluding tert-OH is 1. The molecular formula is C47H65N3O16S. The number of unbranched alkanes of at least 4 members (excludes halogenated alkanes) is 2. The number of aliphatic hydroxyl groups is 1. The number of amides is 3. The fourth-order valence-electron chi connectivity index (χ4n) is 8.25. The lowest BCUT2D eigenvalue weighted by Gasteiger charge is -2.39. The molecule has 3 rings (SSSR count). The minimum absolute atomic E-state index is 0.0459. The van der Waals surface area contributed by atoms with Gasteiger partial charge in [-0.05, 0) is 67.1 Å². The smallest absolute Gasteiger partial charge is 0.303 e. The van der Waals surface area contributed by atoms with Crippen molar-refractivity contribution in [2.75, 3.05) is 43.2 Å². The molecule has 0 spiro atoms. The molecule has 1 aliphatic heterocycles. The summed E-state index contributed by atoms with van der Waals surface area (Å²) in [5, 5.41) is 15.2. The number of sulfone groups is 1. The Bertz CT molecular complexity index is 2250. The van der Waals surface area contributed by atoms with E-state index in [0.717, 1.165) is 60.1 Å². The molecule has 0 saturated carbocycles. The summed E-state index contributed by atoms with van der Waals surface area (Å²) in [5.41, 5.74) is 1.24. The van der Waals surface area contributed by atoms with E-state index in [4.69, 9.17) is 23.7 Å². The van der Waals surface area contributed by atoms with E-state index in [1.807, 2.05) is 32.8 Å². The molecule has 20 heteroatoms. The topological polar surface area (TPSA) is 256 Å². The molecule has 0 saturated heterocycles. The number of carbonyl (C=O) groups excluding carboxylic acids is 8. The van der Waals surface area contributed by atoms with E-state index in [1.54, 1.807) is 42.5 Å². The first kappa shape index (κ1) is 55.4. The minimum Gasteiger partial charge on any atom is -0.462 e. The van der Waals surface area contributed by atoms with Crippen LogP contribution in [0.4, 0.5) is 11.4 Å². The van der Waals surface area contributed by atoms with Gasteiger partial charge in [-0.3, -0.25) is 43.3 Å². The van der Waals surface area contributed by atoms with Crippen LogP contribution >= 0.6 is 0 Å². The van der Waals surface area contributed by atoms with Crippen LogP contribution in [0.25, 0.3) is 0 Å². The zero-order valence-electron chi connectivity index (χ0n) is 40.0. The normalized spacial score (nSPS) is 19.1. The molecule has 3 amide bonds. The first-order valence-corrected chi connectivity index (χ1v) is 23.8. The molecule has 370 valence electrons. The number of rotatable bonds is 22. The highest BCUT2D eigenvalue weighted by molar-refractivity contribution is 7.91. The molecule has 0 aromatic heterocycles. The Morgan fingerprint density at radius 3 is 1.97 bits per heavy atom. The number of hydrogen-bond donors (Lipinski definition) is 2. The molecule has 2 aromatic carbocycles. The Morgan fingerprint density at radius 2 is 1.42 bits per heavy atom. The van der Waals surface area contributed by atoms with E-state index in [9.17, 15) is 51.9 Å². The minimum atomic E-state index is -3.83. The summed E-state index contributed by atoms with van der Waals surface area (Å²) in [7, 11) is -0.150. The average Bonchev–Trinajstić information content (AvgIpc) is 3.30. The van der Waals surface area contributed by atoms with E-state index in [-0.39, 0.29) is 36.5 Å². The molecule has 0 unspecified atom stereocenters. The van der Waals surface area contributed by atoms with Gasteiger partial charge in [0.25, 0.3) is 5.91 Å². The summed E-state index contributed by atoms with van der Waals surface area (Å²) >= 11 is 0. The lowest BCUT2D eigenvalue weighted by Crippen LogP contribution is -2.58. The van der Waals surface area contributed by atoms with Gasteiger partial charge in [0.05, 0.1) is 16.8 Å². The summed E-state index contributed by atoms with van der Waals surface area (Å²) in [6.45, 7) is 8.72. The van der Waals surface area contributed by atoms with E-state index < -0.39 is 106 Å². The Balaban J connectivity index is 1.90. The largest absolute Gasteiger partial charge is 0.462 e. The van der Waals surface area contributed by atoms with Crippen molar-refractivity contribution in [3.8, 4) is 0 Å². The van der Waals surface area contributed by atoms with Crippen molar-refractivity contribution < 1.29 is 75.6 Å². The third-order valence-corrected chi connectivity index (χ3v) is 13.4. The molecule has 7 atom stereocenters. The van der Waals surface area contributed by atoms with Crippen LogP contribution in [0.1, 0.15) is 117 Å². The Morgan fingerprint density at radius 1 is 0.791 bits per heavy atom. The molecule has 2 aromatic rings. The second-order valence-electron chi connectivity index (χ2n) is 16.9. The molecule has 0 bridgehead atoms. The molecule has 2 N–H and O–H groups in total. The maximum absolute atomic E-state index is 14.2. The number of carbonyl (C=O) groups is 8. The number of esters is 5. The number of fused-ring (bicyclic) bond motifs is 1. The van der Waals surface area contributed by atoms with Gasteiger partial charge >= 0.3 is 29.8 Å². The van der Waals surface area contributed by atoms with Crippen molar-refractivity contribution >= 4 is 68.8 Å². The van der Waals surface area contributed by atoms with Gasteiger partial charge in [0.15, 0.2) is 28.1 Å². The molecule has 67 heavy (non-hydrogen) atoms. The Labute approximate surface area is 392 Å². The van der Waals surface area contributed by atoms with Gasteiger partial charge < -0.3 is 39.0 Å². The van der Waals surface area contributed by atoms with Crippen molar-refractivity contribution in [3.05, 3.63) is 53.6 Å². The number of nitrogens with zero attached hydrogens (tertiary/aromatic N) is 2. The van der Waals surface area contributed by atoms with Gasteiger partial charge in [0.2, 0.25) is 17.9 Å².